The highest BCUT2D eigenvalue weighted by Crippen LogP contribution is 2.19. The Kier molecular flexibility index (Phi) is 5.14. The third-order valence-electron chi connectivity index (χ3n) is 3.17. The Balaban J connectivity index is 1.87. The summed E-state index contributed by atoms with van der Waals surface area (Å²) < 4.78 is 23.3. The fourth-order valence-electron chi connectivity index (χ4n) is 1.76. The summed E-state index contributed by atoms with van der Waals surface area (Å²) in [5.41, 5.74) is 0.491. The van der Waals surface area contributed by atoms with Crippen LogP contribution in [-0.4, -0.2) is 31.1 Å². The summed E-state index contributed by atoms with van der Waals surface area (Å²) in [5.74, 6) is -1.35. The van der Waals surface area contributed by atoms with Gasteiger partial charge in [-0.3, -0.25) is 4.79 Å². The summed E-state index contributed by atoms with van der Waals surface area (Å²) in [7, 11) is 1.37. The van der Waals surface area contributed by atoms with Crippen LogP contribution in [0.2, 0.25) is 0 Å². The predicted octanol–water partition coefficient (Wildman–Crippen LogP) is 2.06. The summed E-state index contributed by atoms with van der Waals surface area (Å²) in [5, 5.41) is 2.75. The van der Waals surface area contributed by atoms with Crippen molar-refractivity contribution in [1.82, 2.24) is 5.32 Å². The van der Waals surface area contributed by atoms with Crippen LogP contribution in [0.3, 0.4) is 0 Å². The second-order valence-electron chi connectivity index (χ2n) is 5.09. The molecule has 0 saturated heterocycles. The van der Waals surface area contributed by atoms with Crippen LogP contribution >= 0.6 is 0 Å². The van der Waals surface area contributed by atoms with Crippen molar-refractivity contribution in [3.05, 3.63) is 35.7 Å². The number of carbonyl (C=O) groups excluding carboxylic acids is 2. The van der Waals surface area contributed by atoms with Gasteiger partial charge in [0.1, 0.15) is 0 Å². The number of hydrogen-bond acceptors (Lipinski definition) is 4. The summed E-state index contributed by atoms with van der Waals surface area (Å²) >= 11 is 0. The zero-order chi connectivity index (χ0) is 16.1. The molecule has 1 aromatic rings. The Morgan fingerprint density at radius 1 is 1.41 bits per heavy atom. The smallest absolute Gasteiger partial charge is 0.331 e. The maximum atomic E-state index is 13.5. The first-order valence-corrected chi connectivity index (χ1v) is 7.02. The van der Waals surface area contributed by atoms with Crippen LogP contribution in [0.1, 0.15) is 25.3 Å². The number of rotatable bonds is 6. The van der Waals surface area contributed by atoms with Gasteiger partial charge in [0.15, 0.2) is 17.7 Å². The number of halogens is 1. The molecule has 0 aromatic heterocycles. The molecule has 0 spiro atoms. The van der Waals surface area contributed by atoms with Gasteiger partial charge in [0, 0.05) is 12.1 Å². The van der Waals surface area contributed by atoms with E-state index < -0.39 is 17.9 Å². The third-order valence-corrected chi connectivity index (χ3v) is 3.17. The van der Waals surface area contributed by atoms with Gasteiger partial charge < -0.3 is 14.8 Å². The molecule has 2 rings (SSSR count). The van der Waals surface area contributed by atoms with Crippen LogP contribution in [-0.2, 0) is 14.3 Å². The van der Waals surface area contributed by atoms with Crippen LogP contribution in [0.4, 0.5) is 4.39 Å². The third kappa shape index (κ3) is 4.58. The number of methoxy groups -OCH3 is 1. The second-order valence-corrected chi connectivity index (χ2v) is 5.09. The van der Waals surface area contributed by atoms with Crippen LogP contribution in [0.25, 0.3) is 6.08 Å². The lowest BCUT2D eigenvalue weighted by Gasteiger charge is -2.11. The largest absolute Gasteiger partial charge is 0.494 e. The van der Waals surface area contributed by atoms with E-state index in [9.17, 15) is 14.0 Å². The Bertz CT molecular complexity index is 596. The molecule has 1 N–H and O–H groups in total. The van der Waals surface area contributed by atoms with E-state index >= 15 is 0 Å². The normalized spacial score (nSPS) is 15.4. The maximum Gasteiger partial charge on any atom is 0.331 e. The number of carbonyl (C=O) groups is 2. The average Bonchev–Trinajstić information content (AvgIpc) is 3.29. The van der Waals surface area contributed by atoms with E-state index in [1.807, 2.05) is 0 Å². The molecule has 118 valence electrons. The van der Waals surface area contributed by atoms with Gasteiger partial charge in [-0.25, -0.2) is 9.18 Å². The lowest BCUT2D eigenvalue weighted by atomic mass is 10.2. The van der Waals surface area contributed by atoms with E-state index in [-0.39, 0.29) is 17.7 Å². The number of nitrogens with one attached hydrogen (secondary N) is 1. The molecule has 1 atom stereocenters. The molecule has 6 heteroatoms. The van der Waals surface area contributed by atoms with Crippen LogP contribution in [0.5, 0.6) is 5.75 Å². The summed E-state index contributed by atoms with van der Waals surface area (Å²) in [6.45, 7) is 1.51. The van der Waals surface area contributed by atoms with Crippen molar-refractivity contribution in [2.24, 2.45) is 0 Å². The highest BCUT2D eigenvalue weighted by atomic mass is 19.1. The molecule has 1 aliphatic rings. The molecule has 0 radical (unpaired) electrons. The number of ether oxygens (including phenoxy) is 2. The molecule has 0 heterocycles. The molecule has 5 nitrogen and oxygen atoms in total. The van der Waals surface area contributed by atoms with Crippen LogP contribution in [0.15, 0.2) is 24.3 Å². The predicted molar refractivity (Wildman–Crippen MR) is 78.7 cm³/mol. The number of esters is 1. The molecule has 1 saturated carbocycles. The second kappa shape index (κ2) is 7.06. The van der Waals surface area contributed by atoms with Gasteiger partial charge in [0.25, 0.3) is 5.91 Å². The molecule has 1 aromatic carbocycles. The van der Waals surface area contributed by atoms with E-state index in [1.54, 1.807) is 6.07 Å². The lowest BCUT2D eigenvalue weighted by Crippen LogP contribution is -2.36. The van der Waals surface area contributed by atoms with Gasteiger partial charge in [-0.1, -0.05) is 6.07 Å². The number of amides is 1. The molecule has 22 heavy (non-hydrogen) atoms. The summed E-state index contributed by atoms with van der Waals surface area (Å²) in [6, 6.07) is 4.53. The first kappa shape index (κ1) is 16.0. The van der Waals surface area contributed by atoms with Gasteiger partial charge >= 0.3 is 5.97 Å². The van der Waals surface area contributed by atoms with Crippen molar-refractivity contribution < 1.29 is 23.5 Å². The van der Waals surface area contributed by atoms with Crippen LogP contribution < -0.4 is 10.1 Å². The zero-order valence-electron chi connectivity index (χ0n) is 12.5. The standard InChI is InChI=1S/C16H18FNO4/c1-10(16(20)18-12-5-6-12)22-15(19)8-4-11-3-7-14(21-2)13(17)9-11/h3-4,7-10,12H,5-6H2,1-2H3,(H,18,20)/b8-4+/t10-/m1/s1. The van der Waals surface area contributed by atoms with Crippen molar-refractivity contribution in [2.75, 3.05) is 7.11 Å². The SMILES string of the molecule is COc1ccc(/C=C/C(=O)O[C@H](C)C(=O)NC2CC2)cc1F. The molecular weight excluding hydrogens is 289 g/mol. The summed E-state index contributed by atoms with van der Waals surface area (Å²) in [4.78, 5) is 23.3. The highest BCUT2D eigenvalue weighted by Gasteiger charge is 2.26. The molecule has 1 aliphatic carbocycles. The number of benzene rings is 1. The van der Waals surface area contributed by atoms with Crippen molar-refractivity contribution in [1.29, 1.82) is 0 Å². The van der Waals surface area contributed by atoms with Gasteiger partial charge in [-0.15, -0.1) is 0 Å². The van der Waals surface area contributed by atoms with Crippen molar-refractivity contribution >= 4 is 18.0 Å². The fourth-order valence-corrected chi connectivity index (χ4v) is 1.76. The first-order valence-electron chi connectivity index (χ1n) is 7.02. The van der Waals surface area contributed by atoms with E-state index in [4.69, 9.17) is 9.47 Å². The van der Waals surface area contributed by atoms with E-state index in [1.165, 1.54) is 32.2 Å². The van der Waals surface area contributed by atoms with E-state index in [0.717, 1.165) is 18.9 Å². The monoisotopic (exact) mass is 307 g/mol. The molecule has 0 unspecified atom stereocenters. The van der Waals surface area contributed by atoms with Gasteiger partial charge in [-0.05, 0) is 43.5 Å². The maximum absolute atomic E-state index is 13.5. The summed E-state index contributed by atoms with van der Waals surface area (Å²) in [6.07, 6.45) is 3.65. The van der Waals surface area contributed by atoms with Gasteiger partial charge in [-0.2, -0.15) is 0 Å². The fraction of sp³-hybridized carbons (Fsp3) is 0.375. The Morgan fingerprint density at radius 2 is 2.14 bits per heavy atom. The van der Waals surface area contributed by atoms with Gasteiger partial charge in [0.2, 0.25) is 0 Å². The Labute approximate surface area is 128 Å². The van der Waals surface area contributed by atoms with E-state index in [0.29, 0.717) is 5.56 Å². The Hall–Kier alpha value is -2.37. The molecule has 1 fully saturated rings. The van der Waals surface area contributed by atoms with Crippen LogP contribution in [0, 0.1) is 5.82 Å². The highest BCUT2D eigenvalue weighted by molar-refractivity contribution is 5.90. The molecular formula is C16H18FNO4. The quantitative estimate of drug-likeness (QED) is 0.645. The zero-order valence-corrected chi connectivity index (χ0v) is 12.5. The molecule has 0 aliphatic heterocycles. The lowest BCUT2D eigenvalue weighted by molar-refractivity contribution is -0.150. The van der Waals surface area contributed by atoms with Crippen molar-refractivity contribution in [3.8, 4) is 5.75 Å². The number of hydrogen-bond donors (Lipinski definition) is 1. The Morgan fingerprint density at radius 3 is 2.73 bits per heavy atom. The molecule has 1 amide bonds. The van der Waals surface area contributed by atoms with Crippen molar-refractivity contribution in [2.45, 2.75) is 31.9 Å². The average molecular weight is 307 g/mol. The van der Waals surface area contributed by atoms with Crippen molar-refractivity contribution in [3.63, 3.8) is 0 Å². The minimum absolute atomic E-state index is 0.130. The first-order chi connectivity index (χ1) is 10.5. The minimum atomic E-state index is -0.856. The van der Waals surface area contributed by atoms with E-state index in [2.05, 4.69) is 5.32 Å². The van der Waals surface area contributed by atoms with Gasteiger partial charge in [0.05, 0.1) is 7.11 Å². The minimum Gasteiger partial charge on any atom is -0.494 e. The topological polar surface area (TPSA) is 64.6 Å². The molecule has 0 bridgehead atoms.